The fourth-order valence-corrected chi connectivity index (χ4v) is 14.1. The van der Waals surface area contributed by atoms with Crippen LogP contribution in [0.4, 0.5) is 0 Å². The number of rotatable bonds is 79. The number of ether oxygens (including phenoxy) is 4. The van der Waals surface area contributed by atoms with Crippen molar-refractivity contribution in [2.24, 2.45) is 23.7 Å². The Hall–Kier alpha value is -1.94. The molecule has 0 radical (unpaired) electrons. The Labute approximate surface area is 619 Å². The lowest BCUT2D eigenvalue weighted by molar-refractivity contribution is -0.161. The third kappa shape index (κ3) is 73.4. The SMILES string of the molecule is CCC(C)CCCCCCCCCCCCCCCCC(=O)O[C@H](COC(=O)CCCCCCCCCCCCCCCCC(C)C)COP(=O)(O)OC[C@@H](O)COP(=O)(O)OC[C@@H](COC(=O)CCCCCCCCCCCC(C)C)OC(=O)CCCCCCCCCCCCC(C)CC. The molecule has 0 aliphatic heterocycles. The number of aliphatic hydroxyl groups excluding tert-OH is 1. The van der Waals surface area contributed by atoms with E-state index >= 15 is 0 Å². The van der Waals surface area contributed by atoms with Crippen LogP contribution >= 0.6 is 15.6 Å². The van der Waals surface area contributed by atoms with E-state index in [1.807, 2.05) is 0 Å². The highest BCUT2D eigenvalue weighted by molar-refractivity contribution is 7.47. The van der Waals surface area contributed by atoms with E-state index in [2.05, 4.69) is 55.4 Å². The van der Waals surface area contributed by atoms with E-state index in [0.29, 0.717) is 25.7 Å². The summed E-state index contributed by atoms with van der Waals surface area (Å²) in [7, 11) is -9.93. The van der Waals surface area contributed by atoms with Crippen LogP contribution in [0.5, 0.6) is 0 Å². The molecular weight excluding hydrogens is 1320 g/mol. The van der Waals surface area contributed by atoms with E-state index < -0.39 is 97.5 Å². The molecule has 19 heteroatoms. The predicted molar refractivity (Wildman–Crippen MR) is 414 cm³/mol. The number of phosphoric acid groups is 2. The summed E-state index contributed by atoms with van der Waals surface area (Å²) < 4.78 is 68.8. The number of carbonyl (C=O) groups is 4. The number of aliphatic hydroxyl groups is 1. The average molecular weight is 1480 g/mol. The number of phosphoric ester groups is 2. The normalized spacial score (nSPS) is 14.5. The Morgan fingerprint density at radius 2 is 0.475 bits per heavy atom. The van der Waals surface area contributed by atoms with Gasteiger partial charge in [0.15, 0.2) is 12.2 Å². The summed E-state index contributed by atoms with van der Waals surface area (Å²) in [5.41, 5.74) is 0. The van der Waals surface area contributed by atoms with Crippen molar-refractivity contribution < 1.29 is 80.2 Å². The van der Waals surface area contributed by atoms with Crippen LogP contribution in [0.15, 0.2) is 0 Å². The molecule has 0 aromatic heterocycles. The van der Waals surface area contributed by atoms with Gasteiger partial charge in [0.05, 0.1) is 26.4 Å². The summed E-state index contributed by atoms with van der Waals surface area (Å²) in [5, 5.41) is 10.7. The van der Waals surface area contributed by atoms with Crippen molar-refractivity contribution in [3.05, 3.63) is 0 Å². The lowest BCUT2D eigenvalue weighted by Gasteiger charge is -2.21. The quantitative estimate of drug-likeness (QED) is 0.0222. The first-order valence-electron chi connectivity index (χ1n) is 42.3. The third-order valence-electron chi connectivity index (χ3n) is 19.8. The van der Waals surface area contributed by atoms with Gasteiger partial charge in [-0.3, -0.25) is 37.3 Å². The second kappa shape index (κ2) is 71.0. The van der Waals surface area contributed by atoms with Gasteiger partial charge in [-0.25, -0.2) is 9.13 Å². The maximum Gasteiger partial charge on any atom is 0.472 e. The Morgan fingerprint density at radius 3 is 0.703 bits per heavy atom. The fraction of sp³-hybridized carbons (Fsp3) is 0.951. The van der Waals surface area contributed by atoms with Gasteiger partial charge in [0.2, 0.25) is 0 Å². The van der Waals surface area contributed by atoms with Gasteiger partial charge in [0.25, 0.3) is 0 Å². The fourth-order valence-electron chi connectivity index (χ4n) is 12.5. The van der Waals surface area contributed by atoms with E-state index in [1.165, 1.54) is 225 Å². The van der Waals surface area contributed by atoms with E-state index in [9.17, 15) is 43.2 Å². The summed E-state index contributed by atoms with van der Waals surface area (Å²) in [6, 6.07) is 0. The molecule has 0 aromatic rings. The predicted octanol–water partition coefficient (Wildman–Crippen LogP) is 24.4. The molecule has 0 fully saturated rings. The molecule has 0 aliphatic carbocycles. The number of unbranched alkanes of at least 4 members (excludes halogenated alkanes) is 43. The number of hydrogen-bond acceptors (Lipinski definition) is 15. The molecule has 600 valence electrons. The van der Waals surface area contributed by atoms with Crippen LogP contribution < -0.4 is 0 Å². The van der Waals surface area contributed by atoms with Gasteiger partial charge in [-0.1, -0.05) is 370 Å². The van der Waals surface area contributed by atoms with Gasteiger partial charge in [-0.15, -0.1) is 0 Å². The van der Waals surface area contributed by atoms with Crippen molar-refractivity contribution in [2.75, 3.05) is 39.6 Å². The molecule has 7 atom stereocenters. The highest BCUT2D eigenvalue weighted by Gasteiger charge is 2.30. The first-order chi connectivity index (χ1) is 48.7. The summed E-state index contributed by atoms with van der Waals surface area (Å²) in [5.74, 6) is 1.08. The van der Waals surface area contributed by atoms with Crippen molar-refractivity contribution >= 4 is 39.5 Å². The Morgan fingerprint density at radius 1 is 0.277 bits per heavy atom. The molecule has 0 aliphatic rings. The first-order valence-corrected chi connectivity index (χ1v) is 45.3. The van der Waals surface area contributed by atoms with Crippen molar-refractivity contribution in [2.45, 2.75) is 440 Å². The van der Waals surface area contributed by atoms with Gasteiger partial charge in [0.1, 0.15) is 19.3 Å². The van der Waals surface area contributed by atoms with Gasteiger partial charge in [-0.2, -0.15) is 0 Å². The van der Waals surface area contributed by atoms with Gasteiger partial charge >= 0.3 is 39.5 Å². The first kappa shape index (κ1) is 99.1. The molecule has 0 saturated heterocycles. The van der Waals surface area contributed by atoms with Crippen molar-refractivity contribution in [1.29, 1.82) is 0 Å². The van der Waals surface area contributed by atoms with E-state index in [0.717, 1.165) is 114 Å². The van der Waals surface area contributed by atoms with E-state index in [-0.39, 0.29) is 25.7 Å². The number of carbonyl (C=O) groups excluding carboxylic acids is 4. The molecule has 0 aromatic carbocycles. The van der Waals surface area contributed by atoms with E-state index in [1.54, 1.807) is 0 Å². The summed E-state index contributed by atoms with van der Waals surface area (Å²) >= 11 is 0. The molecule has 3 N–H and O–H groups in total. The lowest BCUT2D eigenvalue weighted by atomic mass is 9.99. The maximum absolute atomic E-state index is 13.1. The van der Waals surface area contributed by atoms with Crippen LogP contribution in [0, 0.1) is 23.7 Å². The largest absolute Gasteiger partial charge is 0.472 e. The Balaban J connectivity index is 5.28. The smallest absolute Gasteiger partial charge is 0.462 e. The minimum Gasteiger partial charge on any atom is -0.462 e. The lowest BCUT2D eigenvalue weighted by Crippen LogP contribution is -2.30. The summed E-state index contributed by atoms with van der Waals surface area (Å²) in [4.78, 5) is 73.1. The molecular formula is C82H160O17P2. The Bertz CT molecular complexity index is 1980. The molecule has 0 bridgehead atoms. The van der Waals surface area contributed by atoms with Crippen LogP contribution in [-0.2, 0) is 65.4 Å². The highest BCUT2D eigenvalue weighted by atomic mass is 31.2. The van der Waals surface area contributed by atoms with Gasteiger partial charge in [0, 0.05) is 25.7 Å². The molecule has 0 spiro atoms. The zero-order chi connectivity index (χ0) is 74.6. The molecule has 101 heavy (non-hydrogen) atoms. The average Bonchev–Trinajstić information content (AvgIpc) is 0.924. The summed E-state index contributed by atoms with van der Waals surface area (Å²) in [6.07, 6.45) is 58.1. The van der Waals surface area contributed by atoms with Crippen LogP contribution in [0.3, 0.4) is 0 Å². The zero-order valence-electron chi connectivity index (χ0n) is 66.5. The zero-order valence-corrected chi connectivity index (χ0v) is 68.3. The minimum absolute atomic E-state index is 0.106. The minimum atomic E-state index is -4.96. The van der Waals surface area contributed by atoms with Crippen molar-refractivity contribution in [1.82, 2.24) is 0 Å². The van der Waals surface area contributed by atoms with Crippen LogP contribution in [0.25, 0.3) is 0 Å². The maximum atomic E-state index is 13.1. The van der Waals surface area contributed by atoms with E-state index in [4.69, 9.17) is 37.0 Å². The standard InChI is InChI=1S/C82H160O17P2/c1-9-74(7)60-52-44-36-28-20-16-12-14-18-22-31-40-48-56-64-81(86)98-77(68-92-79(84)62-54-46-38-30-21-17-13-11-15-19-26-34-42-50-58-72(3)4)70-96-100(88,89)94-66-76(83)67-95-101(90,91)97-71-78(69-93-80(85)63-55-47-39-33-25-27-35-43-51-59-73(5)6)99-82(87)65-57-49-41-32-24-23-29-37-45-53-61-75(8)10-2/h72-78,83H,9-71H2,1-8H3,(H,88,89)(H,90,91)/t74?,75?,76-,77-,78-/m1/s1. The Kier molecular flexibility index (Phi) is 69.6. The van der Waals surface area contributed by atoms with Crippen molar-refractivity contribution in [3.63, 3.8) is 0 Å². The molecule has 0 saturated carbocycles. The molecule has 4 unspecified atom stereocenters. The van der Waals surface area contributed by atoms with Crippen LogP contribution in [0.1, 0.15) is 421 Å². The van der Waals surface area contributed by atoms with Crippen LogP contribution in [-0.4, -0.2) is 96.7 Å². The second-order valence-corrected chi connectivity index (χ2v) is 33.9. The second-order valence-electron chi connectivity index (χ2n) is 31.0. The monoisotopic (exact) mass is 1480 g/mol. The number of esters is 4. The molecule has 0 rings (SSSR count). The molecule has 17 nitrogen and oxygen atoms in total. The van der Waals surface area contributed by atoms with Gasteiger partial charge < -0.3 is 33.8 Å². The van der Waals surface area contributed by atoms with Crippen LogP contribution in [0.2, 0.25) is 0 Å². The molecule has 0 amide bonds. The highest BCUT2D eigenvalue weighted by Crippen LogP contribution is 2.45. The van der Waals surface area contributed by atoms with Crippen molar-refractivity contribution in [3.8, 4) is 0 Å². The molecule has 0 heterocycles. The topological polar surface area (TPSA) is 237 Å². The number of hydrogen-bond donors (Lipinski definition) is 3. The summed E-state index contributed by atoms with van der Waals surface area (Å²) in [6.45, 7) is 14.3. The third-order valence-corrected chi connectivity index (χ3v) is 21.7. The van der Waals surface area contributed by atoms with Gasteiger partial charge in [-0.05, 0) is 49.4 Å².